The van der Waals surface area contributed by atoms with Crippen LogP contribution in [0.1, 0.15) is 28.8 Å². The zero-order chi connectivity index (χ0) is 17.2. The minimum atomic E-state index is -1.13. The third kappa shape index (κ3) is 3.22. The first-order valence-corrected chi connectivity index (χ1v) is 9.30. The van der Waals surface area contributed by atoms with Gasteiger partial charge in [0, 0.05) is 4.88 Å². The Morgan fingerprint density at radius 3 is 2.80 bits per heavy atom. The Kier molecular flexibility index (Phi) is 4.36. The minimum Gasteiger partial charge on any atom is -0.548 e. The van der Waals surface area contributed by atoms with E-state index in [-0.39, 0.29) is 0 Å². The van der Waals surface area contributed by atoms with E-state index in [1.54, 1.807) is 11.3 Å². The first kappa shape index (κ1) is 16.0. The van der Waals surface area contributed by atoms with Crippen molar-refractivity contribution >= 4 is 33.3 Å². The van der Waals surface area contributed by atoms with E-state index in [0.717, 1.165) is 35.0 Å². The molecule has 3 aromatic rings. The lowest BCUT2D eigenvalue weighted by molar-refractivity contribution is -0.306. The number of aromatic nitrogens is 2. The van der Waals surface area contributed by atoms with Crippen LogP contribution in [0, 0.1) is 0 Å². The summed E-state index contributed by atoms with van der Waals surface area (Å²) in [5, 5.41) is 15.7. The number of carbonyl (C=O) groups is 1. The summed E-state index contributed by atoms with van der Waals surface area (Å²) in [6.45, 7) is 0. The van der Waals surface area contributed by atoms with E-state index >= 15 is 0 Å². The number of benzene rings is 1. The Morgan fingerprint density at radius 1 is 1.20 bits per heavy atom. The smallest absolute Gasteiger partial charge is 0.138 e. The van der Waals surface area contributed by atoms with Crippen molar-refractivity contribution in [3.05, 3.63) is 52.7 Å². The van der Waals surface area contributed by atoms with Gasteiger partial charge in [0.15, 0.2) is 0 Å². The number of carboxylic acids is 1. The Balaban J connectivity index is 1.68. The summed E-state index contributed by atoms with van der Waals surface area (Å²) < 4.78 is 0. The molecular weight excluding hydrogens is 334 g/mol. The van der Waals surface area contributed by atoms with Crippen molar-refractivity contribution in [3.8, 4) is 0 Å². The molecule has 0 fully saturated rings. The third-order valence-electron chi connectivity index (χ3n) is 4.63. The van der Waals surface area contributed by atoms with Crippen LogP contribution in [-0.2, 0) is 24.1 Å². The molecule has 0 saturated carbocycles. The lowest BCUT2D eigenvalue weighted by atomic mass is 9.97. The monoisotopic (exact) mass is 352 g/mol. The molecule has 1 aromatic carbocycles. The number of rotatable bonds is 5. The highest BCUT2D eigenvalue weighted by Gasteiger charge is 2.21. The summed E-state index contributed by atoms with van der Waals surface area (Å²) in [5.74, 6) is -0.519. The molecule has 0 bridgehead atoms. The number of thiophene rings is 1. The van der Waals surface area contributed by atoms with Crippen molar-refractivity contribution in [1.82, 2.24) is 9.97 Å². The zero-order valence-electron chi connectivity index (χ0n) is 13.7. The van der Waals surface area contributed by atoms with Gasteiger partial charge in [0.2, 0.25) is 0 Å². The van der Waals surface area contributed by atoms with Crippen LogP contribution in [0.25, 0.3) is 10.2 Å². The van der Waals surface area contributed by atoms with E-state index in [1.165, 1.54) is 23.2 Å². The molecule has 6 heteroatoms. The van der Waals surface area contributed by atoms with Crippen LogP contribution in [0.4, 0.5) is 5.82 Å². The lowest BCUT2D eigenvalue weighted by Crippen LogP contribution is -2.42. The maximum absolute atomic E-state index is 11.7. The SMILES string of the molecule is O=C([O-])[C@H](Cc1ccccc1)Nc1ncnc2sc3c(c12)CCCC3. The molecule has 4 rings (SSSR count). The van der Waals surface area contributed by atoms with Crippen molar-refractivity contribution in [1.29, 1.82) is 0 Å². The fraction of sp³-hybridized carbons (Fsp3) is 0.316. The molecule has 1 aliphatic rings. The van der Waals surface area contributed by atoms with Crippen LogP contribution in [-0.4, -0.2) is 22.0 Å². The molecule has 25 heavy (non-hydrogen) atoms. The van der Waals surface area contributed by atoms with Gasteiger partial charge < -0.3 is 15.2 Å². The molecule has 5 nitrogen and oxygen atoms in total. The van der Waals surface area contributed by atoms with Gasteiger partial charge in [0.1, 0.15) is 17.0 Å². The Labute approximate surface area is 149 Å². The first-order chi connectivity index (χ1) is 12.2. The zero-order valence-corrected chi connectivity index (χ0v) is 14.5. The van der Waals surface area contributed by atoms with Crippen molar-refractivity contribution in [2.75, 3.05) is 5.32 Å². The van der Waals surface area contributed by atoms with Gasteiger partial charge in [-0.3, -0.25) is 0 Å². The maximum Gasteiger partial charge on any atom is 0.138 e. The summed E-state index contributed by atoms with van der Waals surface area (Å²) in [6.07, 6.45) is 6.28. The summed E-state index contributed by atoms with van der Waals surface area (Å²) in [5.41, 5.74) is 2.23. The van der Waals surface area contributed by atoms with Crippen molar-refractivity contribution in [3.63, 3.8) is 0 Å². The van der Waals surface area contributed by atoms with E-state index in [2.05, 4.69) is 15.3 Å². The second-order valence-corrected chi connectivity index (χ2v) is 7.40. The third-order valence-corrected chi connectivity index (χ3v) is 5.83. The van der Waals surface area contributed by atoms with Gasteiger partial charge in [-0.15, -0.1) is 11.3 Å². The van der Waals surface area contributed by atoms with E-state index in [1.807, 2.05) is 30.3 Å². The number of anilines is 1. The van der Waals surface area contributed by atoms with Crippen molar-refractivity contribution in [2.24, 2.45) is 0 Å². The van der Waals surface area contributed by atoms with E-state index < -0.39 is 12.0 Å². The minimum absolute atomic E-state index is 0.348. The van der Waals surface area contributed by atoms with E-state index in [9.17, 15) is 9.90 Å². The molecule has 1 N–H and O–H groups in total. The van der Waals surface area contributed by atoms with Crippen LogP contribution in [0.5, 0.6) is 0 Å². The number of hydrogen-bond donors (Lipinski definition) is 1. The molecule has 0 spiro atoms. The molecule has 2 heterocycles. The van der Waals surface area contributed by atoms with Crippen LogP contribution >= 0.6 is 11.3 Å². The van der Waals surface area contributed by atoms with Crippen LogP contribution in [0.2, 0.25) is 0 Å². The predicted octanol–water partition coefficient (Wildman–Crippen LogP) is 2.34. The van der Waals surface area contributed by atoms with Crippen LogP contribution < -0.4 is 10.4 Å². The highest BCUT2D eigenvalue weighted by atomic mass is 32.1. The Bertz CT molecular complexity index is 908. The molecule has 0 unspecified atom stereocenters. The summed E-state index contributed by atoms with van der Waals surface area (Å²) in [6, 6.07) is 8.72. The Hall–Kier alpha value is -2.47. The largest absolute Gasteiger partial charge is 0.548 e. The second kappa shape index (κ2) is 6.80. The number of nitrogens with one attached hydrogen (secondary N) is 1. The fourth-order valence-corrected chi connectivity index (χ4v) is 4.64. The van der Waals surface area contributed by atoms with Gasteiger partial charge in [-0.1, -0.05) is 30.3 Å². The molecule has 0 amide bonds. The molecule has 1 aliphatic carbocycles. The summed E-state index contributed by atoms with van der Waals surface area (Å²) in [7, 11) is 0. The highest BCUT2D eigenvalue weighted by molar-refractivity contribution is 7.19. The molecule has 0 radical (unpaired) electrons. The average molecular weight is 352 g/mol. The highest BCUT2D eigenvalue weighted by Crippen LogP contribution is 2.38. The van der Waals surface area contributed by atoms with E-state index in [4.69, 9.17) is 0 Å². The normalized spacial score (nSPS) is 14.9. The first-order valence-electron chi connectivity index (χ1n) is 8.49. The molecule has 2 aromatic heterocycles. The lowest BCUT2D eigenvalue weighted by Gasteiger charge is -2.21. The molecule has 0 saturated heterocycles. The molecular formula is C19H18N3O2S-. The number of aliphatic carboxylic acids is 1. The van der Waals surface area contributed by atoms with Gasteiger partial charge in [0.25, 0.3) is 0 Å². The quantitative estimate of drug-likeness (QED) is 0.763. The van der Waals surface area contributed by atoms with Gasteiger partial charge in [-0.25, -0.2) is 9.97 Å². The number of nitrogens with zero attached hydrogens (tertiary/aromatic N) is 2. The van der Waals surface area contributed by atoms with Gasteiger partial charge in [0.05, 0.1) is 17.4 Å². The van der Waals surface area contributed by atoms with Crippen LogP contribution in [0.15, 0.2) is 36.7 Å². The molecule has 0 aliphatic heterocycles. The molecule has 1 atom stereocenters. The predicted molar refractivity (Wildman–Crippen MR) is 96.6 cm³/mol. The van der Waals surface area contributed by atoms with E-state index in [0.29, 0.717) is 12.2 Å². The van der Waals surface area contributed by atoms with Gasteiger partial charge in [-0.05, 0) is 43.2 Å². The number of carboxylic acid groups (broad SMARTS) is 1. The standard InChI is InChI=1S/C19H19N3O2S/c23-19(24)14(10-12-6-2-1-3-7-12)22-17-16-13-8-4-5-9-15(13)25-18(16)21-11-20-17/h1-3,6-7,11,14H,4-5,8-10H2,(H,23,24)(H,20,21,22)/p-1/t14-/m0/s1. The van der Waals surface area contributed by atoms with Gasteiger partial charge in [-0.2, -0.15) is 0 Å². The number of hydrogen-bond acceptors (Lipinski definition) is 6. The van der Waals surface area contributed by atoms with Gasteiger partial charge >= 0.3 is 0 Å². The number of carbonyl (C=O) groups excluding carboxylic acids is 1. The second-order valence-electron chi connectivity index (χ2n) is 6.32. The van der Waals surface area contributed by atoms with Crippen molar-refractivity contribution < 1.29 is 9.90 Å². The number of fused-ring (bicyclic) bond motifs is 3. The summed E-state index contributed by atoms with van der Waals surface area (Å²) >= 11 is 1.70. The topological polar surface area (TPSA) is 77.9 Å². The summed E-state index contributed by atoms with van der Waals surface area (Å²) in [4.78, 5) is 22.7. The van der Waals surface area contributed by atoms with Crippen molar-refractivity contribution in [2.45, 2.75) is 38.1 Å². The van der Waals surface area contributed by atoms with Crippen LogP contribution in [0.3, 0.4) is 0 Å². The fourth-order valence-electron chi connectivity index (χ4n) is 3.41. The maximum atomic E-state index is 11.7. The Morgan fingerprint density at radius 2 is 2.00 bits per heavy atom. The number of aryl methyl sites for hydroxylation is 2. The molecule has 128 valence electrons. The average Bonchev–Trinajstić information content (AvgIpc) is 3.01.